The van der Waals surface area contributed by atoms with Gasteiger partial charge in [0.05, 0.1) is 12.0 Å². The molecule has 0 spiro atoms. The zero-order valence-corrected chi connectivity index (χ0v) is 15.1. The summed E-state index contributed by atoms with van der Waals surface area (Å²) in [5.41, 5.74) is 0.121. The van der Waals surface area contributed by atoms with Crippen LogP contribution in [0.25, 0.3) is 0 Å². The lowest BCUT2D eigenvalue weighted by Crippen LogP contribution is -2.18. The smallest absolute Gasteiger partial charge is 0.326 e. The predicted octanol–water partition coefficient (Wildman–Crippen LogP) is 4.87. The van der Waals surface area contributed by atoms with Crippen molar-refractivity contribution in [2.75, 3.05) is 10.6 Å². The van der Waals surface area contributed by atoms with Crippen molar-refractivity contribution >= 4 is 23.2 Å². The molecule has 2 amide bonds. The molecule has 0 aliphatic carbocycles. The summed E-state index contributed by atoms with van der Waals surface area (Å²) in [7, 11) is 0. The highest BCUT2D eigenvalue weighted by Gasteiger charge is 2.33. The van der Waals surface area contributed by atoms with E-state index in [0.717, 1.165) is 6.07 Å². The lowest BCUT2D eigenvalue weighted by Gasteiger charge is -2.13. The van der Waals surface area contributed by atoms with E-state index in [9.17, 15) is 22.8 Å². The Kier molecular flexibility index (Phi) is 6.60. The zero-order chi connectivity index (χ0) is 20.0. The summed E-state index contributed by atoms with van der Waals surface area (Å²) in [4.78, 5) is 23.8. The second-order valence-electron chi connectivity index (χ2n) is 6.60. The maximum atomic E-state index is 13.0. The first-order chi connectivity index (χ1) is 12.6. The SMILES string of the molecule is CC(C)CC(=O)Nc1ccc(NC(=O)Cc2ccccc2C(F)(F)F)cc1. The molecule has 0 saturated heterocycles. The number of carbonyl (C=O) groups excluding carboxylic acids is 2. The molecule has 2 aromatic rings. The van der Waals surface area contributed by atoms with Crippen LogP contribution < -0.4 is 10.6 Å². The van der Waals surface area contributed by atoms with Crippen LogP contribution >= 0.6 is 0 Å². The topological polar surface area (TPSA) is 58.2 Å². The Bertz CT molecular complexity index is 800. The van der Waals surface area contributed by atoms with E-state index >= 15 is 0 Å². The van der Waals surface area contributed by atoms with Crippen molar-refractivity contribution < 1.29 is 22.8 Å². The Morgan fingerprint density at radius 1 is 0.889 bits per heavy atom. The van der Waals surface area contributed by atoms with Crippen LogP contribution in [0.3, 0.4) is 0 Å². The number of rotatable bonds is 6. The van der Waals surface area contributed by atoms with Gasteiger partial charge in [0.15, 0.2) is 0 Å². The van der Waals surface area contributed by atoms with Crippen molar-refractivity contribution in [2.45, 2.75) is 32.9 Å². The van der Waals surface area contributed by atoms with Gasteiger partial charge in [0.25, 0.3) is 0 Å². The number of anilines is 2. The number of carbonyl (C=O) groups is 2. The molecular formula is C20H21F3N2O2. The van der Waals surface area contributed by atoms with E-state index in [-0.39, 0.29) is 23.8 Å². The minimum absolute atomic E-state index is 0.0833. The van der Waals surface area contributed by atoms with E-state index in [4.69, 9.17) is 0 Å². The molecule has 0 atom stereocenters. The van der Waals surface area contributed by atoms with Gasteiger partial charge in [-0.15, -0.1) is 0 Å². The van der Waals surface area contributed by atoms with Gasteiger partial charge in [-0.05, 0) is 41.8 Å². The molecule has 0 bridgehead atoms. The molecule has 0 unspecified atom stereocenters. The van der Waals surface area contributed by atoms with Crippen LogP contribution in [0.4, 0.5) is 24.5 Å². The molecule has 2 aromatic carbocycles. The van der Waals surface area contributed by atoms with E-state index in [2.05, 4.69) is 10.6 Å². The third kappa shape index (κ3) is 6.44. The molecule has 0 saturated carbocycles. The number of nitrogens with one attached hydrogen (secondary N) is 2. The van der Waals surface area contributed by atoms with Crippen molar-refractivity contribution in [3.63, 3.8) is 0 Å². The summed E-state index contributed by atoms with van der Waals surface area (Å²) in [6.07, 6.45) is -4.49. The second kappa shape index (κ2) is 8.70. The van der Waals surface area contributed by atoms with Gasteiger partial charge in [0.1, 0.15) is 0 Å². The maximum Gasteiger partial charge on any atom is 0.416 e. The fraction of sp³-hybridized carbons (Fsp3) is 0.300. The fourth-order valence-corrected chi connectivity index (χ4v) is 2.55. The number of halogens is 3. The molecule has 0 aromatic heterocycles. The van der Waals surface area contributed by atoms with Crippen molar-refractivity contribution in [3.8, 4) is 0 Å². The number of amides is 2. The van der Waals surface area contributed by atoms with Crippen molar-refractivity contribution in [1.82, 2.24) is 0 Å². The highest BCUT2D eigenvalue weighted by molar-refractivity contribution is 5.94. The Morgan fingerprint density at radius 2 is 1.41 bits per heavy atom. The van der Waals surface area contributed by atoms with Crippen LogP contribution in [0.1, 0.15) is 31.4 Å². The third-order valence-corrected chi connectivity index (χ3v) is 3.72. The van der Waals surface area contributed by atoms with Crippen molar-refractivity contribution in [2.24, 2.45) is 5.92 Å². The summed E-state index contributed by atoms with van der Waals surface area (Å²) in [6.45, 7) is 3.88. The molecule has 144 valence electrons. The van der Waals surface area contributed by atoms with Crippen LogP contribution in [0.5, 0.6) is 0 Å². The van der Waals surface area contributed by atoms with Gasteiger partial charge >= 0.3 is 6.18 Å². The van der Waals surface area contributed by atoms with Gasteiger partial charge in [-0.3, -0.25) is 9.59 Å². The summed E-state index contributed by atoms with van der Waals surface area (Å²) in [6, 6.07) is 11.4. The Balaban J connectivity index is 1.98. The minimum Gasteiger partial charge on any atom is -0.326 e. The average Bonchev–Trinajstić information content (AvgIpc) is 2.55. The van der Waals surface area contributed by atoms with Gasteiger partial charge in [0, 0.05) is 17.8 Å². The summed E-state index contributed by atoms with van der Waals surface area (Å²) in [5.74, 6) is -0.419. The van der Waals surface area contributed by atoms with Crippen LogP contribution in [-0.4, -0.2) is 11.8 Å². The van der Waals surface area contributed by atoms with Gasteiger partial charge in [-0.25, -0.2) is 0 Å². The lowest BCUT2D eigenvalue weighted by molar-refractivity contribution is -0.138. The van der Waals surface area contributed by atoms with Crippen molar-refractivity contribution in [1.29, 1.82) is 0 Å². The van der Waals surface area contributed by atoms with Crippen LogP contribution in [-0.2, 0) is 22.2 Å². The normalized spacial score (nSPS) is 11.3. The molecule has 0 aliphatic rings. The van der Waals surface area contributed by atoms with Crippen LogP contribution in [0.15, 0.2) is 48.5 Å². The lowest BCUT2D eigenvalue weighted by atomic mass is 10.0. The first kappa shape index (κ1) is 20.5. The van der Waals surface area contributed by atoms with Gasteiger partial charge in [-0.1, -0.05) is 32.0 Å². The van der Waals surface area contributed by atoms with Crippen LogP contribution in [0.2, 0.25) is 0 Å². The Labute approximate surface area is 155 Å². The van der Waals surface area contributed by atoms with E-state index < -0.39 is 17.6 Å². The van der Waals surface area contributed by atoms with E-state index in [0.29, 0.717) is 17.8 Å². The zero-order valence-electron chi connectivity index (χ0n) is 15.1. The molecule has 2 N–H and O–H groups in total. The number of alkyl halides is 3. The minimum atomic E-state index is -4.51. The molecule has 27 heavy (non-hydrogen) atoms. The molecule has 0 aliphatic heterocycles. The van der Waals surface area contributed by atoms with E-state index in [1.54, 1.807) is 24.3 Å². The number of hydrogen-bond acceptors (Lipinski definition) is 2. The first-order valence-electron chi connectivity index (χ1n) is 8.50. The number of benzene rings is 2. The van der Waals surface area contributed by atoms with Gasteiger partial charge in [0.2, 0.25) is 11.8 Å². The monoisotopic (exact) mass is 378 g/mol. The standard InChI is InChI=1S/C20H21F3N2O2/c1-13(2)11-18(26)24-15-7-9-16(10-8-15)25-19(27)12-14-5-3-4-6-17(14)20(21,22)23/h3-10,13H,11-12H2,1-2H3,(H,24,26)(H,25,27). The molecular weight excluding hydrogens is 357 g/mol. The predicted molar refractivity (Wildman–Crippen MR) is 98.3 cm³/mol. The van der Waals surface area contributed by atoms with Gasteiger partial charge in [-0.2, -0.15) is 13.2 Å². The first-order valence-corrected chi connectivity index (χ1v) is 8.50. The summed E-state index contributed by atoms with van der Waals surface area (Å²) >= 11 is 0. The maximum absolute atomic E-state index is 13.0. The van der Waals surface area contributed by atoms with E-state index in [1.165, 1.54) is 18.2 Å². The molecule has 0 fully saturated rings. The Hall–Kier alpha value is -2.83. The summed E-state index contributed by atoms with van der Waals surface area (Å²) < 4.78 is 39.0. The average molecular weight is 378 g/mol. The molecule has 0 radical (unpaired) electrons. The fourth-order valence-electron chi connectivity index (χ4n) is 2.55. The van der Waals surface area contributed by atoms with Crippen LogP contribution in [0, 0.1) is 5.92 Å². The van der Waals surface area contributed by atoms with Gasteiger partial charge < -0.3 is 10.6 Å². The highest BCUT2D eigenvalue weighted by atomic mass is 19.4. The largest absolute Gasteiger partial charge is 0.416 e. The second-order valence-corrected chi connectivity index (χ2v) is 6.60. The summed E-state index contributed by atoms with van der Waals surface area (Å²) in [5, 5.41) is 5.30. The molecule has 2 rings (SSSR count). The molecule has 7 heteroatoms. The van der Waals surface area contributed by atoms with Crippen molar-refractivity contribution in [3.05, 3.63) is 59.7 Å². The highest BCUT2D eigenvalue weighted by Crippen LogP contribution is 2.32. The van der Waals surface area contributed by atoms with E-state index in [1.807, 2.05) is 13.8 Å². The third-order valence-electron chi connectivity index (χ3n) is 3.72. The number of hydrogen-bond donors (Lipinski definition) is 2. The molecule has 0 heterocycles. The molecule has 4 nitrogen and oxygen atoms in total. The Morgan fingerprint density at radius 3 is 1.93 bits per heavy atom. The quantitative estimate of drug-likeness (QED) is 0.753.